The zero-order valence-electron chi connectivity index (χ0n) is 20.6. The van der Waals surface area contributed by atoms with Gasteiger partial charge in [0.1, 0.15) is 0 Å². The van der Waals surface area contributed by atoms with Crippen LogP contribution < -0.4 is 0 Å². The van der Waals surface area contributed by atoms with Crippen LogP contribution in [-0.2, 0) is 19.1 Å². The number of carbonyl (C=O) groups excluding carboxylic acids is 2. The molecule has 0 aromatic carbocycles. The van der Waals surface area contributed by atoms with Crippen molar-refractivity contribution in [3.8, 4) is 0 Å². The van der Waals surface area contributed by atoms with E-state index < -0.39 is 0 Å². The van der Waals surface area contributed by atoms with E-state index in [-0.39, 0.29) is 36.0 Å². The van der Waals surface area contributed by atoms with Crippen LogP contribution in [0.2, 0.25) is 0 Å². The lowest BCUT2D eigenvalue weighted by Crippen LogP contribution is -2.37. The molecule has 0 saturated heterocycles. The first-order valence-electron chi connectivity index (χ1n) is 12.6. The van der Waals surface area contributed by atoms with Crippen LogP contribution in [-0.4, -0.2) is 24.1 Å². The predicted octanol–water partition coefficient (Wildman–Crippen LogP) is 7.09. The van der Waals surface area contributed by atoms with Gasteiger partial charge in [-0.25, -0.2) is 0 Å². The van der Waals surface area contributed by atoms with Crippen LogP contribution in [0.3, 0.4) is 0 Å². The van der Waals surface area contributed by atoms with Crippen LogP contribution in [0, 0.1) is 23.7 Å². The van der Waals surface area contributed by atoms with Gasteiger partial charge in [0.15, 0.2) is 0 Å². The van der Waals surface area contributed by atoms with Crippen molar-refractivity contribution in [3.63, 3.8) is 0 Å². The summed E-state index contributed by atoms with van der Waals surface area (Å²) >= 11 is 0. The molecule has 1 fully saturated rings. The minimum absolute atomic E-state index is 0.0804. The first kappa shape index (κ1) is 27.0. The van der Waals surface area contributed by atoms with Crippen LogP contribution in [0.5, 0.6) is 0 Å². The standard InChI is InChI=1S/C26H48O4/c1-19(2)13-7-9-15-21(5)29-25(27)23-17-11-12-18-24(23)26(28)30-22(6)16-10-8-14-20(3)4/h19-24H,7-18H2,1-6H3. The second kappa shape index (κ2) is 14.9. The summed E-state index contributed by atoms with van der Waals surface area (Å²) in [6, 6.07) is 0. The molecule has 30 heavy (non-hydrogen) atoms. The molecule has 0 bridgehead atoms. The quantitative estimate of drug-likeness (QED) is 0.221. The zero-order valence-corrected chi connectivity index (χ0v) is 20.6. The largest absolute Gasteiger partial charge is 0.462 e. The van der Waals surface area contributed by atoms with E-state index in [0.717, 1.165) is 63.2 Å². The maximum atomic E-state index is 12.8. The maximum Gasteiger partial charge on any atom is 0.310 e. The van der Waals surface area contributed by atoms with E-state index >= 15 is 0 Å². The molecule has 0 amide bonds. The van der Waals surface area contributed by atoms with E-state index in [4.69, 9.17) is 9.47 Å². The maximum absolute atomic E-state index is 12.8. The zero-order chi connectivity index (χ0) is 22.5. The third kappa shape index (κ3) is 11.4. The van der Waals surface area contributed by atoms with Gasteiger partial charge in [-0.1, -0.05) is 66.2 Å². The van der Waals surface area contributed by atoms with Crippen LogP contribution >= 0.6 is 0 Å². The Labute approximate surface area is 185 Å². The van der Waals surface area contributed by atoms with Gasteiger partial charge in [0.25, 0.3) is 0 Å². The molecule has 0 aromatic heterocycles. The Morgan fingerprint density at radius 1 is 0.633 bits per heavy atom. The van der Waals surface area contributed by atoms with Gasteiger partial charge in [0, 0.05) is 0 Å². The molecule has 0 spiro atoms. The molecular weight excluding hydrogens is 376 g/mol. The summed E-state index contributed by atoms with van der Waals surface area (Å²) in [5, 5.41) is 0. The number of ether oxygens (including phenoxy) is 2. The highest BCUT2D eigenvalue weighted by Gasteiger charge is 2.38. The van der Waals surface area contributed by atoms with Crippen molar-refractivity contribution in [2.45, 2.75) is 131 Å². The Bertz CT molecular complexity index is 441. The van der Waals surface area contributed by atoms with Gasteiger partial charge in [-0.15, -0.1) is 0 Å². The first-order valence-corrected chi connectivity index (χ1v) is 12.6. The number of unbranched alkanes of at least 4 members (excludes halogenated alkanes) is 2. The normalized spacial score (nSPS) is 21.5. The van der Waals surface area contributed by atoms with Gasteiger partial charge in [0.2, 0.25) is 0 Å². The molecule has 4 atom stereocenters. The Balaban J connectivity index is 2.44. The van der Waals surface area contributed by atoms with E-state index in [1.807, 2.05) is 13.8 Å². The molecule has 1 aliphatic rings. The number of rotatable bonds is 14. The van der Waals surface area contributed by atoms with Crippen molar-refractivity contribution in [2.24, 2.45) is 23.7 Å². The third-order valence-corrected chi connectivity index (χ3v) is 6.29. The third-order valence-electron chi connectivity index (χ3n) is 6.29. The summed E-state index contributed by atoms with van der Waals surface area (Å²) in [6.07, 6.45) is 12.0. The summed E-state index contributed by atoms with van der Waals surface area (Å²) in [7, 11) is 0. The topological polar surface area (TPSA) is 52.6 Å². The second-order valence-corrected chi connectivity index (χ2v) is 10.3. The highest BCUT2D eigenvalue weighted by Crippen LogP contribution is 2.33. The molecule has 1 aliphatic carbocycles. The Hall–Kier alpha value is -1.06. The molecular formula is C26H48O4. The van der Waals surface area contributed by atoms with E-state index in [0.29, 0.717) is 0 Å². The monoisotopic (exact) mass is 424 g/mol. The van der Waals surface area contributed by atoms with E-state index in [9.17, 15) is 9.59 Å². The lowest BCUT2D eigenvalue weighted by Gasteiger charge is -2.30. The SMILES string of the molecule is CC(C)CCCCC(C)OC(=O)C1CCCCC1C(=O)OC(C)CCCCC(C)C. The summed E-state index contributed by atoms with van der Waals surface area (Å²) < 4.78 is 11.5. The Morgan fingerprint density at radius 2 is 0.967 bits per heavy atom. The van der Waals surface area contributed by atoms with Gasteiger partial charge in [-0.2, -0.15) is 0 Å². The average Bonchev–Trinajstić information content (AvgIpc) is 2.68. The highest BCUT2D eigenvalue weighted by molar-refractivity contribution is 5.82. The van der Waals surface area contributed by atoms with Crippen molar-refractivity contribution in [1.82, 2.24) is 0 Å². The van der Waals surface area contributed by atoms with Crippen molar-refractivity contribution < 1.29 is 19.1 Å². The first-order chi connectivity index (χ1) is 14.2. The number of hydrogen-bond donors (Lipinski definition) is 0. The van der Waals surface area contributed by atoms with Gasteiger partial charge in [-0.3, -0.25) is 9.59 Å². The molecule has 0 aromatic rings. The fraction of sp³-hybridized carbons (Fsp3) is 0.923. The molecule has 4 nitrogen and oxygen atoms in total. The molecule has 0 heterocycles. The Kier molecular flexibility index (Phi) is 13.4. The fourth-order valence-electron chi connectivity index (χ4n) is 4.35. The predicted molar refractivity (Wildman–Crippen MR) is 123 cm³/mol. The van der Waals surface area contributed by atoms with Gasteiger partial charge in [-0.05, 0) is 64.2 Å². The molecule has 1 saturated carbocycles. The second-order valence-electron chi connectivity index (χ2n) is 10.3. The van der Waals surface area contributed by atoms with Crippen LogP contribution in [0.1, 0.15) is 119 Å². The summed E-state index contributed by atoms with van der Waals surface area (Å²) in [4.78, 5) is 25.6. The fourth-order valence-corrected chi connectivity index (χ4v) is 4.35. The number of carbonyl (C=O) groups is 2. The van der Waals surface area contributed by atoms with Crippen molar-refractivity contribution in [2.75, 3.05) is 0 Å². The minimum Gasteiger partial charge on any atom is -0.462 e. The van der Waals surface area contributed by atoms with Crippen LogP contribution in [0.4, 0.5) is 0 Å². The van der Waals surface area contributed by atoms with Crippen molar-refractivity contribution in [1.29, 1.82) is 0 Å². The molecule has 0 N–H and O–H groups in total. The number of hydrogen-bond acceptors (Lipinski definition) is 4. The van der Waals surface area contributed by atoms with Gasteiger partial charge >= 0.3 is 11.9 Å². The summed E-state index contributed by atoms with van der Waals surface area (Å²) in [5.74, 6) is 0.370. The van der Waals surface area contributed by atoms with Crippen molar-refractivity contribution >= 4 is 11.9 Å². The van der Waals surface area contributed by atoms with E-state index in [2.05, 4.69) is 27.7 Å². The molecule has 0 radical (unpaired) electrons. The van der Waals surface area contributed by atoms with Gasteiger partial charge in [0.05, 0.1) is 24.0 Å². The number of esters is 2. The molecule has 1 rings (SSSR count). The lowest BCUT2D eigenvalue weighted by molar-refractivity contribution is -0.168. The smallest absolute Gasteiger partial charge is 0.310 e. The van der Waals surface area contributed by atoms with Crippen LogP contribution in [0.15, 0.2) is 0 Å². The average molecular weight is 425 g/mol. The molecule has 4 unspecified atom stereocenters. The lowest BCUT2D eigenvalue weighted by atomic mass is 9.79. The minimum atomic E-state index is -0.336. The molecule has 176 valence electrons. The van der Waals surface area contributed by atoms with E-state index in [1.54, 1.807) is 0 Å². The molecule has 4 heteroatoms. The summed E-state index contributed by atoms with van der Waals surface area (Å²) in [6.45, 7) is 12.9. The van der Waals surface area contributed by atoms with Crippen molar-refractivity contribution in [3.05, 3.63) is 0 Å². The molecule has 0 aliphatic heterocycles. The van der Waals surface area contributed by atoms with E-state index in [1.165, 1.54) is 25.7 Å². The highest BCUT2D eigenvalue weighted by atomic mass is 16.6. The van der Waals surface area contributed by atoms with Gasteiger partial charge < -0.3 is 9.47 Å². The van der Waals surface area contributed by atoms with Crippen LogP contribution in [0.25, 0.3) is 0 Å². The Morgan fingerprint density at radius 3 is 1.30 bits per heavy atom. The summed E-state index contributed by atoms with van der Waals surface area (Å²) in [5.41, 5.74) is 0.